The van der Waals surface area contributed by atoms with E-state index in [4.69, 9.17) is 5.73 Å². The van der Waals surface area contributed by atoms with E-state index in [0.29, 0.717) is 11.5 Å². The molecule has 0 aliphatic heterocycles. The average molecular weight is 210 g/mol. The summed E-state index contributed by atoms with van der Waals surface area (Å²) in [6, 6.07) is 0.305. The van der Waals surface area contributed by atoms with Crippen molar-refractivity contribution >= 4 is 5.91 Å². The van der Waals surface area contributed by atoms with Crippen LogP contribution >= 0.6 is 0 Å². The highest BCUT2D eigenvalue weighted by atomic mass is 16.1. The minimum atomic E-state index is -0.0122. The van der Waals surface area contributed by atoms with Gasteiger partial charge in [0.2, 0.25) is 5.91 Å². The van der Waals surface area contributed by atoms with Gasteiger partial charge < -0.3 is 11.1 Å². The molecule has 1 amide bonds. The Morgan fingerprint density at radius 3 is 2.60 bits per heavy atom. The fourth-order valence-corrected chi connectivity index (χ4v) is 3.88. The molecule has 0 aromatic heterocycles. The molecule has 3 unspecified atom stereocenters. The molecule has 2 fully saturated rings. The Morgan fingerprint density at radius 1 is 1.47 bits per heavy atom. The van der Waals surface area contributed by atoms with Crippen LogP contribution in [0.4, 0.5) is 0 Å². The molecule has 2 bridgehead atoms. The van der Waals surface area contributed by atoms with E-state index in [2.05, 4.69) is 26.1 Å². The maximum absolute atomic E-state index is 11.4. The highest BCUT2D eigenvalue weighted by Crippen LogP contribution is 2.62. The lowest BCUT2D eigenvalue weighted by atomic mass is 9.68. The predicted octanol–water partition coefficient (Wildman–Crippen LogP) is 1.28. The Hall–Kier alpha value is -0.570. The van der Waals surface area contributed by atoms with Crippen molar-refractivity contribution in [1.82, 2.24) is 5.32 Å². The van der Waals surface area contributed by atoms with Gasteiger partial charge in [-0.15, -0.1) is 0 Å². The van der Waals surface area contributed by atoms with Crippen molar-refractivity contribution in [2.45, 2.75) is 46.1 Å². The molecule has 3 N–H and O–H groups in total. The SMILES string of the molecule is CC12CCC(C1)C(C)(C)C2NC(=O)CN. The molecule has 0 heterocycles. The fraction of sp³-hybridized carbons (Fsp3) is 0.917. The lowest BCUT2D eigenvalue weighted by Gasteiger charge is -2.43. The van der Waals surface area contributed by atoms with Crippen molar-refractivity contribution in [1.29, 1.82) is 0 Å². The summed E-state index contributed by atoms with van der Waals surface area (Å²) in [5.74, 6) is 0.757. The Bertz CT molecular complexity index is 283. The van der Waals surface area contributed by atoms with Crippen molar-refractivity contribution in [3.63, 3.8) is 0 Å². The van der Waals surface area contributed by atoms with E-state index in [1.54, 1.807) is 0 Å². The maximum atomic E-state index is 11.4. The van der Waals surface area contributed by atoms with E-state index in [9.17, 15) is 4.79 Å². The van der Waals surface area contributed by atoms with Crippen LogP contribution in [0.15, 0.2) is 0 Å². The standard InChI is InChI=1S/C12H22N2O/c1-11(2)8-4-5-12(3,6-8)10(11)14-9(15)7-13/h8,10H,4-7,13H2,1-3H3,(H,14,15). The molecule has 2 aliphatic rings. The highest BCUT2D eigenvalue weighted by Gasteiger charge is 2.59. The molecule has 2 saturated carbocycles. The summed E-state index contributed by atoms with van der Waals surface area (Å²) >= 11 is 0. The van der Waals surface area contributed by atoms with E-state index >= 15 is 0 Å². The predicted molar refractivity (Wildman–Crippen MR) is 60.2 cm³/mol. The zero-order valence-corrected chi connectivity index (χ0v) is 9.97. The number of carbonyl (C=O) groups is 1. The summed E-state index contributed by atoms with van der Waals surface area (Å²) in [5.41, 5.74) is 5.91. The molecule has 2 rings (SSSR count). The fourth-order valence-electron chi connectivity index (χ4n) is 3.88. The molecular weight excluding hydrogens is 188 g/mol. The van der Waals surface area contributed by atoms with E-state index < -0.39 is 0 Å². The largest absolute Gasteiger partial charge is 0.351 e. The van der Waals surface area contributed by atoms with Crippen LogP contribution in [0, 0.1) is 16.7 Å². The van der Waals surface area contributed by atoms with Crippen LogP contribution in [0.3, 0.4) is 0 Å². The van der Waals surface area contributed by atoms with E-state index in [1.165, 1.54) is 19.3 Å². The molecule has 3 heteroatoms. The summed E-state index contributed by atoms with van der Waals surface area (Å²) in [6.07, 6.45) is 3.82. The van der Waals surface area contributed by atoms with Gasteiger partial charge in [-0.3, -0.25) is 4.79 Å². The molecule has 0 aromatic rings. The number of amides is 1. The molecule has 86 valence electrons. The van der Waals surface area contributed by atoms with Gasteiger partial charge in [0.25, 0.3) is 0 Å². The monoisotopic (exact) mass is 210 g/mol. The lowest BCUT2D eigenvalue weighted by molar-refractivity contribution is -0.122. The third-order valence-electron chi connectivity index (χ3n) is 4.76. The second kappa shape index (κ2) is 3.21. The molecule has 2 aliphatic carbocycles. The maximum Gasteiger partial charge on any atom is 0.233 e. The van der Waals surface area contributed by atoms with Gasteiger partial charge in [0.05, 0.1) is 6.54 Å². The van der Waals surface area contributed by atoms with Crippen LogP contribution in [0.2, 0.25) is 0 Å². The first-order chi connectivity index (χ1) is 6.90. The van der Waals surface area contributed by atoms with Crippen molar-refractivity contribution in [2.75, 3.05) is 6.54 Å². The first-order valence-electron chi connectivity index (χ1n) is 5.89. The number of nitrogens with two attached hydrogens (primary N) is 1. The molecule has 0 radical (unpaired) electrons. The Balaban J connectivity index is 2.19. The minimum absolute atomic E-state index is 0.0122. The zero-order valence-electron chi connectivity index (χ0n) is 9.97. The molecule has 0 saturated heterocycles. The molecular formula is C12H22N2O. The quantitative estimate of drug-likeness (QED) is 0.721. The molecule has 0 aromatic carbocycles. The van der Waals surface area contributed by atoms with Gasteiger partial charge in [-0.05, 0) is 36.0 Å². The van der Waals surface area contributed by atoms with E-state index in [-0.39, 0.29) is 17.9 Å². The van der Waals surface area contributed by atoms with Crippen molar-refractivity contribution in [2.24, 2.45) is 22.5 Å². The zero-order chi connectivity index (χ0) is 11.3. The highest BCUT2D eigenvalue weighted by molar-refractivity contribution is 5.78. The number of carbonyl (C=O) groups excluding carboxylic acids is 1. The molecule has 3 nitrogen and oxygen atoms in total. The second-order valence-electron chi connectivity index (χ2n) is 6.12. The van der Waals surface area contributed by atoms with Crippen LogP contribution < -0.4 is 11.1 Å². The van der Waals surface area contributed by atoms with Gasteiger partial charge in [-0.25, -0.2) is 0 Å². The third kappa shape index (κ3) is 1.48. The number of rotatable bonds is 2. The molecule has 0 spiro atoms. The Kier molecular flexibility index (Phi) is 2.34. The summed E-state index contributed by atoms with van der Waals surface area (Å²) in [6.45, 7) is 6.98. The van der Waals surface area contributed by atoms with Gasteiger partial charge in [-0.2, -0.15) is 0 Å². The van der Waals surface area contributed by atoms with E-state index in [0.717, 1.165) is 5.92 Å². The molecule has 15 heavy (non-hydrogen) atoms. The van der Waals surface area contributed by atoms with Crippen LogP contribution in [-0.2, 0) is 4.79 Å². The Labute approximate surface area is 91.8 Å². The van der Waals surface area contributed by atoms with Gasteiger partial charge in [0.15, 0.2) is 0 Å². The van der Waals surface area contributed by atoms with Crippen LogP contribution in [-0.4, -0.2) is 18.5 Å². The van der Waals surface area contributed by atoms with Crippen molar-refractivity contribution in [3.8, 4) is 0 Å². The van der Waals surface area contributed by atoms with Crippen molar-refractivity contribution in [3.05, 3.63) is 0 Å². The number of hydrogen-bond acceptors (Lipinski definition) is 2. The van der Waals surface area contributed by atoms with Gasteiger partial charge in [-0.1, -0.05) is 20.8 Å². The molecule has 3 atom stereocenters. The van der Waals surface area contributed by atoms with Gasteiger partial charge >= 0.3 is 0 Å². The van der Waals surface area contributed by atoms with Crippen LogP contribution in [0.25, 0.3) is 0 Å². The van der Waals surface area contributed by atoms with Crippen molar-refractivity contribution < 1.29 is 4.79 Å². The van der Waals surface area contributed by atoms with Gasteiger partial charge in [0, 0.05) is 6.04 Å². The number of hydrogen-bond donors (Lipinski definition) is 2. The first-order valence-corrected chi connectivity index (χ1v) is 5.89. The van der Waals surface area contributed by atoms with Gasteiger partial charge in [0.1, 0.15) is 0 Å². The average Bonchev–Trinajstić information content (AvgIpc) is 2.63. The third-order valence-corrected chi connectivity index (χ3v) is 4.76. The van der Waals surface area contributed by atoms with Crippen LogP contribution in [0.5, 0.6) is 0 Å². The summed E-state index contributed by atoms with van der Waals surface area (Å²) in [5, 5.41) is 3.13. The minimum Gasteiger partial charge on any atom is -0.351 e. The number of nitrogens with one attached hydrogen (secondary N) is 1. The van der Waals surface area contributed by atoms with Crippen LogP contribution in [0.1, 0.15) is 40.0 Å². The summed E-state index contributed by atoms with van der Waals surface area (Å²) in [4.78, 5) is 11.4. The number of fused-ring (bicyclic) bond motifs is 2. The first kappa shape index (κ1) is 10.9. The van der Waals surface area contributed by atoms with E-state index in [1.807, 2.05) is 0 Å². The smallest absolute Gasteiger partial charge is 0.233 e. The normalized spacial score (nSPS) is 41.9. The summed E-state index contributed by atoms with van der Waals surface area (Å²) in [7, 11) is 0. The lowest BCUT2D eigenvalue weighted by Crippen LogP contribution is -2.53. The Morgan fingerprint density at radius 2 is 2.13 bits per heavy atom. The second-order valence-corrected chi connectivity index (χ2v) is 6.12. The topological polar surface area (TPSA) is 55.1 Å². The summed E-state index contributed by atoms with van der Waals surface area (Å²) < 4.78 is 0.